The molecule has 0 bridgehead atoms. The van der Waals surface area contributed by atoms with Crippen LogP contribution < -0.4 is 10.6 Å². The van der Waals surface area contributed by atoms with Crippen molar-refractivity contribution in [1.82, 2.24) is 5.32 Å². The Balaban J connectivity index is 2.88. The second-order valence-electron chi connectivity index (χ2n) is 2.94. The fourth-order valence-corrected chi connectivity index (χ4v) is 1.28. The van der Waals surface area contributed by atoms with Crippen molar-refractivity contribution < 1.29 is 4.79 Å². The molecule has 3 nitrogen and oxygen atoms in total. The van der Waals surface area contributed by atoms with Gasteiger partial charge in [-0.1, -0.05) is 12.1 Å². The molecular weight excluding hydrogens is 176 g/mol. The summed E-state index contributed by atoms with van der Waals surface area (Å²) < 4.78 is 0. The van der Waals surface area contributed by atoms with Gasteiger partial charge in [0.1, 0.15) is 0 Å². The summed E-state index contributed by atoms with van der Waals surface area (Å²) >= 11 is 0. The van der Waals surface area contributed by atoms with Gasteiger partial charge in [-0.25, -0.2) is 0 Å². The van der Waals surface area contributed by atoms with Gasteiger partial charge >= 0.3 is 0 Å². The Morgan fingerprint density at radius 2 is 1.93 bits per heavy atom. The quantitative estimate of drug-likeness (QED) is 0.764. The van der Waals surface area contributed by atoms with Crippen LogP contribution >= 0.6 is 0 Å². The SMILES string of the molecule is CCNC(=O)c1ccccc1NCC. The highest BCUT2D eigenvalue weighted by atomic mass is 16.1. The molecule has 1 aromatic rings. The largest absolute Gasteiger partial charge is 0.385 e. The van der Waals surface area contributed by atoms with Crippen molar-refractivity contribution in [2.75, 3.05) is 18.4 Å². The fraction of sp³-hybridized carbons (Fsp3) is 0.364. The first-order valence-corrected chi connectivity index (χ1v) is 4.90. The van der Waals surface area contributed by atoms with Crippen molar-refractivity contribution in [3.63, 3.8) is 0 Å². The zero-order chi connectivity index (χ0) is 10.4. The highest BCUT2D eigenvalue weighted by Crippen LogP contribution is 2.14. The van der Waals surface area contributed by atoms with Crippen molar-refractivity contribution in [3.05, 3.63) is 29.8 Å². The molecular formula is C11H16N2O. The number of hydrogen-bond donors (Lipinski definition) is 2. The van der Waals surface area contributed by atoms with Crippen molar-refractivity contribution in [3.8, 4) is 0 Å². The molecule has 0 aliphatic heterocycles. The van der Waals surface area contributed by atoms with Crippen molar-refractivity contribution in [2.45, 2.75) is 13.8 Å². The molecule has 0 aliphatic carbocycles. The smallest absolute Gasteiger partial charge is 0.253 e. The summed E-state index contributed by atoms with van der Waals surface area (Å²) in [4.78, 5) is 11.6. The molecule has 1 rings (SSSR count). The minimum Gasteiger partial charge on any atom is -0.385 e. The fourth-order valence-electron chi connectivity index (χ4n) is 1.28. The van der Waals surface area contributed by atoms with Gasteiger partial charge in [-0.15, -0.1) is 0 Å². The van der Waals surface area contributed by atoms with Gasteiger partial charge in [0, 0.05) is 18.8 Å². The summed E-state index contributed by atoms with van der Waals surface area (Å²) in [5.41, 5.74) is 1.59. The lowest BCUT2D eigenvalue weighted by atomic mass is 10.1. The first-order valence-electron chi connectivity index (χ1n) is 4.90. The highest BCUT2D eigenvalue weighted by molar-refractivity contribution is 5.99. The lowest BCUT2D eigenvalue weighted by Gasteiger charge is -2.09. The number of hydrogen-bond acceptors (Lipinski definition) is 2. The first kappa shape index (κ1) is 10.6. The van der Waals surface area contributed by atoms with E-state index in [4.69, 9.17) is 0 Å². The molecule has 0 aliphatic rings. The minimum atomic E-state index is -0.0240. The normalized spacial score (nSPS) is 9.57. The van der Waals surface area contributed by atoms with Crippen LogP contribution in [0, 0.1) is 0 Å². The third-order valence-corrected chi connectivity index (χ3v) is 1.88. The Hall–Kier alpha value is -1.51. The summed E-state index contributed by atoms with van der Waals surface area (Å²) in [6, 6.07) is 7.52. The molecule has 76 valence electrons. The first-order chi connectivity index (χ1) is 6.79. The van der Waals surface area contributed by atoms with E-state index in [9.17, 15) is 4.79 Å². The van der Waals surface area contributed by atoms with Crippen LogP contribution in [0.2, 0.25) is 0 Å². The number of rotatable bonds is 4. The second-order valence-corrected chi connectivity index (χ2v) is 2.94. The van der Waals surface area contributed by atoms with Crippen LogP contribution in [0.25, 0.3) is 0 Å². The number of amides is 1. The minimum absolute atomic E-state index is 0.0240. The average molecular weight is 192 g/mol. The molecule has 0 unspecified atom stereocenters. The summed E-state index contributed by atoms with van der Waals surface area (Å²) in [5.74, 6) is -0.0240. The Morgan fingerprint density at radius 3 is 2.57 bits per heavy atom. The number of benzene rings is 1. The van der Waals surface area contributed by atoms with E-state index in [-0.39, 0.29) is 5.91 Å². The maximum absolute atomic E-state index is 11.6. The number of anilines is 1. The number of nitrogens with one attached hydrogen (secondary N) is 2. The second kappa shape index (κ2) is 5.27. The van der Waals surface area contributed by atoms with Crippen LogP contribution in [-0.4, -0.2) is 19.0 Å². The molecule has 0 saturated heterocycles. The molecule has 0 radical (unpaired) electrons. The average Bonchev–Trinajstić information content (AvgIpc) is 2.19. The van der Waals surface area contributed by atoms with E-state index in [1.165, 1.54) is 0 Å². The van der Waals surface area contributed by atoms with E-state index >= 15 is 0 Å². The van der Waals surface area contributed by atoms with Gasteiger partial charge in [-0.3, -0.25) is 4.79 Å². The molecule has 0 heterocycles. The lowest BCUT2D eigenvalue weighted by molar-refractivity contribution is 0.0956. The van der Waals surface area contributed by atoms with E-state index in [0.29, 0.717) is 12.1 Å². The predicted molar refractivity (Wildman–Crippen MR) is 58.6 cm³/mol. The van der Waals surface area contributed by atoms with Gasteiger partial charge < -0.3 is 10.6 Å². The molecule has 0 atom stereocenters. The molecule has 0 saturated carbocycles. The van der Waals surface area contributed by atoms with Crippen LogP contribution in [0.15, 0.2) is 24.3 Å². The van der Waals surface area contributed by atoms with E-state index in [0.717, 1.165) is 12.2 Å². The van der Waals surface area contributed by atoms with Gasteiger partial charge in [0.15, 0.2) is 0 Å². The van der Waals surface area contributed by atoms with Crippen molar-refractivity contribution in [2.24, 2.45) is 0 Å². The summed E-state index contributed by atoms with van der Waals surface area (Å²) in [7, 11) is 0. The standard InChI is InChI=1S/C11H16N2O/c1-3-12-10-8-6-5-7-9(10)11(14)13-4-2/h5-8,12H,3-4H2,1-2H3,(H,13,14). The monoisotopic (exact) mass is 192 g/mol. The van der Waals surface area contributed by atoms with Crippen molar-refractivity contribution >= 4 is 11.6 Å². The Labute approximate surface area is 84.5 Å². The molecule has 1 amide bonds. The van der Waals surface area contributed by atoms with E-state index < -0.39 is 0 Å². The molecule has 3 heteroatoms. The summed E-state index contributed by atoms with van der Waals surface area (Å²) in [5, 5.41) is 5.94. The van der Waals surface area contributed by atoms with Crippen LogP contribution in [0.3, 0.4) is 0 Å². The molecule has 14 heavy (non-hydrogen) atoms. The van der Waals surface area contributed by atoms with E-state index in [2.05, 4.69) is 10.6 Å². The van der Waals surface area contributed by atoms with Gasteiger partial charge in [0.2, 0.25) is 0 Å². The topological polar surface area (TPSA) is 41.1 Å². The zero-order valence-corrected chi connectivity index (χ0v) is 8.63. The zero-order valence-electron chi connectivity index (χ0n) is 8.63. The van der Waals surface area contributed by atoms with Gasteiger partial charge in [0.25, 0.3) is 5.91 Å². The van der Waals surface area contributed by atoms with E-state index in [1.54, 1.807) is 0 Å². The van der Waals surface area contributed by atoms with Crippen LogP contribution in [0.5, 0.6) is 0 Å². The Bertz CT molecular complexity index is 310. The van der Waals surface area contributed by atoms with Crippen LogP contribution in [0.1, 0.15) is 24.2 Å². The highest BCUT2D eigenvalue weighted by Gasteiger charge is 2.08. The molecule has 1 aromatic carbocycles. The summed E-state index contributed by atoms with van der Waals surface area (Å²) in [6.45, 7) is 5.39. The van der Waals surface area contributed by atoms with Crippen LogP contribution in [0.4, 0.5) is 5.69 Å². The maximum atomic E-state index is 11.6. The van der Waals surface area contributed by atoms with Gasteiger partial charge in [-0.05, 0) is 26.0 Å². The molecule has 2 N–H and O–H groups in total. The van der Waals surface area contributed by atoms with Gasteiger partial charge in [-0.2, -0.15) is 0 Å². The third-order valence-electron chi connectivity index (χ3n) is 1.88. The Morgan fingerprint density at radius 1 is 1.21 bits per heavy atom. The lowest BCUT2D eigenvalue weighted by Crippen LogP contribution is -2.23. The van der Waals surface area contributed by atoms with E-state index in [1.807, 2.05) is 38.1 Å². The van der Waals surface area contributed by atoms with Crippen molar-refractivity contribution in [1.29, 1.82) is 0 Å². The Kier molecular flexibility index (Phi) is 3.98. The predicted octanol–water partition coefficient (Wildman–Crippen LogP) is 1.87. The number of para-hydroxylation sites is 1. The third kappa shape index (κ3) is 2.49. The van der Waals surface area contributed by atoms with Gasteiger partial charge in [0.05, 0.1) is 5.56 Å². The molecule has 0 spiro atoms. The summed E-state index contributed by atoms with van der Waals surface area (Å²) in [6.07, 6.45) is 0. The van der Waals surface area contributed by atoms with Crippen LogP contribution in [-0.2, 0) is 0 Å². The number of carbonyl (C=O) groups excluding carboxylic acids is 1. The molecule has 0 aromatic heterocycles. The molecule has 0 fully saturated rings. The number of carbonyl (C=O) groups is 1. The maximum Gasteiger partial charge on any atom is 0.253 e.